The van der Waals surface area contributed by atoms with Gasteiger partial charge in [-0.1, -0.05) is 23.2 Å². The van der Waals surface area contributed by atoms with E-state index in [4.69, 9.17) is 33.4 Å². The molecule has 0 aliphatic heterocycles. The molecule has 1 aromatic rings. The molecule has 1 amide bonds. The Bertz CT molecular complexity index is 387. The standard InChI is InChI=1S/C9H10Cl2N2O3/c10-6-1-2-7(11)13-8(6)9(16)12-3-5(15)4-14/h1-2,5,14-15H,3-4H2,(H,12,16). The Balaban J connectivity index is 2.69. The lowest BCUT2D eigenvalue weighted by Crippen LogP contribution is -2.34. The van der Waals surface area contributed by atoms with E-state index in [9.17, 15) is 4.79 Å². The summed E-state index contributed by atoms with van der Waals surface area (Å²) in [6, 6.07) is 2.91. The van der Waals surface area contributed by atoms with Crippen LogP contribution in [0.4, 0.5) is 0 Å². The summed E-state index contributed by atoms with van der Waals surface area (Å²) in [7, 11) is 0. The maximum absolute atomic E-state index is 11.5. The molecule has 3 N–H and O–H groups in total. The molecule has 0 spiro atoms. The fraction of sp³-hybridized carbons (Fsp3) is 0.333. The molecule has 0 saturated carbocycles. The van der Waals surface area contributed by atoms with Gasteiger partial charge >= 0.3 is 0 Å². The van der Waals surface area contributed by atoms with Crippen LogP contribution in [0.1, 0.15) is 10.5 Å². The van der Waals surface area contributed by atoms with Crippen molar-refractivity contribution >= 4 is 29.1 Å². The van der Waals surface area contributed by atoms with Crippen molar-refractivity contribution in [2.24, 2.45) is 0 Å². The van der Waals surface area contributed by atoms with Crippen LogP contribution < -0.4 is 5.32 Å². The van der Waals surface area contributed by atoms with Crippen LogP contribution in [-0.2, 0) is 0 Å². The van der Waals surface area contributed by atoms with Gasteiger partial charge in [0.15, 0.2) is 0 Å². The third-order valence-corrected chi connectivity index (χ3v) is 2.25. The van der Waals surface area contributed by atoms with Gasteiger partial charge in [-0.25, -0.2) is 4.98 Å². The van der Waals surface area contributed by atoms with Crippen molar-refractivity contribution in [2.45, 2.75) is 6.10 Å². The van der Waals surface area contributed by atoms with Crippen LogP contribution in [0, 0.1) is 0 Å². The minimum absolute atomic E-state index is 0.0145. The number of hydrogen-bond acceptors (Lipinski definition) is 4. The topological polar surface area (TPSA) is 82.5 Å². The van der Waals surface area contributed by atoms with Crippen molar-refractivity contribution in [1.82, 2.24) is 10.3 Å². The maximum atomic E-state index is 11.5. The quantitative estimate of drug-likeness (QED) is 0.691. The molecule has 1 aromatic heterocycles. The number of hydrogen-bond donors (Lipinski definition) is 3. The number of rotatable bonds is 4. The molecular formula is C9H10Cl2N2O3. The fourth-order valence-electron chi connectivity index (χ4n) is 0.936. The molecule has 5 nitrogen and oxygen atoms in total. The number of nitrogens with zero attached hydrogens (tertiary/aromatic N) is 1. The third kappa shape index (κ3) is 3.61. The van der Waals surface area contributed by atoms with Gasteiger partial charge in [-0.3, -0.25) is 4.79 Å². The van der Waals surface area contributed by atoms with Crippen molar-refractivity contribution in [2.75, 3.05) is 13.2 Å². The van der Waals surface area contributed by atoms with E-state index in [0.717, 1.165) is 0 Å². The molecular weight excluding hydrogens is 255 g/mol. The van der Waals surface area contributed by atoms with Gasteiger partial charge in [0.1, 0.15) is 10.8 Å². The number of aliphatic hydroxyl groups excluding tert-OH is 2. The zero-order valence-electron chi connectivity index (χ0n) is 8.15. The van der Waals surface area contributed by atoms with E-state index in [0.29, 0.717) is 0 Å². The van der Waals surface area contributed by atoms with E-state index in [1.165, 1.54) is 12.1 Å². The highest BCUT2D eigenvalue weighted by Gasteiger charge is 2.13. The zero-order chi connectivity index (χ0) is 12.1. The van der Waals surface area contributed by atoms with Crippen LogP contribution in [0.5, 0.6) is 0 Å². The number of carbonyl (C=O) groups excluding carboxylic acids is 1. The molecule has 0 fully saturated rings. The van der Waals surface area contributed by atoms with Gasteiger partial charge in [-0.2, -0.15) is 0 Å². The predicted molar refractivity (Wildman–Crippen MR) is 59.7 cm³/mol. The van der Waals surface area contributed by atoms with Gasteiger partial charge in [-0.05, 0) is 12.1 Å². The molecule has 0 aliphatic carbocycles. The van der Waals surface area contributed by atoms with Gasteiger partial charge in [0.05, 0.1) is 17.7 Å². The Hall–Kier alpha value is -0.880. The maximum Gasteiger partial charge on any atom is 0.271 e. The summed E-state index contributed by atoms with van der Waals surface area (Å²) < 4.78 is 0. The van der Waals surface area contributed by atoms with Gasteiger partial charge in [-0.15, -0.1) is 0 Å². The lowest BCUT2D eigenvalue weighted by molar-refractivity contribution is 0.0799. The highest BCUT2D eigenvalue weighted by molar-refractivity contribution is 6.34. The summed E-state index contributed by atoms with van der Waals surface area (Å²) in [6.07, 6.45) is -1.01. The van der Waals surface area contributed by atoms with Gasteiger partial charge in [0, 0.05) is 6.54 Å². The number of amides is 1. The van der Waals surface area contributed by atoms with E-state index in [1.54, 1.807) is 0 Å². The van der Waals surface area contributed by atoms with Crippen molar-refractivity contribution in [3.63, 3.8) is 0 Å². The van der Waals surface area contributed by atoms with Crippen LogP contribution in [0.3, 0.4) is 0 Å². The first-order chi connectivity index (χ1) is 7.54. The summed E-state index contributed by atoms with van der Waals surface area (Å²) >= 11 is 11.4. The molecule has 0 saturated heterocycles. The van der Waals surface area contributed by atoms with Crippen LogP contribution in [0.15, 0.2) is 12.1 Å². The van der Waals surface area contributed by atoms with Crippen LogP contribution in [0.25, 0.3) is 0 Å². The first-order valence-corrected chi connectivity index (χ1v) is 5.19. The lowest BCUT2D eigenvalue weighted by atomic mass is 10.3. The molecule has 1 heterocycles. The largest absolute Gasteiger partial charge is 0.394 e. The van der Waals surface area contributed by atoms with Gasteiger partial charge in [0.25, 0.3) is 5.91 Å². The molecule has 16 heavy (non-hydrogen) atoms. The van der Waals surface area contributed by atoms with Crippen molar-refractivity contribution in [3.05, 3.63) is 28.0 Å². The molecule has 0 aliphatic rings. The molecule has 1 atom stereocenters. The third-order valence-electron chi connectivity index (χ3n) is 1.74. The second kappa shape index (κ2) is 6.00. The van der Waals surface area contributed by atoms with E-state index >= 15 is 0 Å². The second-order valence-electron chi connectivity index (χ2n) is 3.01. The summed E-state index contributed by atoms with van der Waals surface area (Å²) in [5, 5.41) is 20.3. The minimum Gasteiger partial charge on any atom is -0.394 e. The zero-order valence-corrected chi connectivity index (χ0v) is 9.66. The molecule has 7 heteroatoms. The molecule has 88 valence electrons. The fourth-order valence-corrected chi connectivity index (χ4v) is 1.27. The van der Waals surface area contributed by atoms with Crippen molar-refractivity contribution in [1.29, 1.82) is 0 Å². The Kier molecular flexibility index (Phi) is 4.95. The van der Waals surface area contributed by atoms with Gasteiger partial charge < -0.3 is 15.5 Å². The number of pyridine rings is 1. The summed E-state index contributed by atoms with van der Waals surface area (Å²) in [5.74, 6) is -0.556. The minimum atomic E-state index is -1.01. The summed E-state index contributed by atoms with van der Waals surface area (Å²) in [5.41, 5.74) is -0.0145. The average Bonchev–Trinajstić information content (AvgIpc) is 2.28. The van der Waals surface area contributed by atoms with E-state index in [1.807, 2.05) is 0 Å². The second-order valence-corrected chi connectivity index (χ2v) is 3.81. The summed E-state index contributed by atoms with van der Waals surface area (Å²) in [4.78, 5) is 15.3. The van der Waals surface area contributed by atoms with Crippen LogP contribution in [0.2, 0.25) is 10.2 Å². The Morgan fingerprint density at radius 1 is 1.50 bits per heavy atom. The van der Waals surface area contributed by atoms with E-state index in [2.05, 4.69) is 10.3 Å². The number of halogens is 2. The van der Waals surface area contributed by atoms with Gasteiger partial charge in [0.2, 0.25) is 0 Å². The Morgan fingerprint density at radius 2 is 2.19 bits per heavy atom. The van der Waals surface area contributed by atoms with Crippen molar-refractivity contribution < 1.29 is 15.0 Å². The molecule has 1 unspecified atom stereocenters. The first kappa shape index (κ1) is 13.2. The lowest BCUT2D eigenvalue weighted by Gasteiger charge is -2.09. The highest BCUT2D eigenvalue weighted by Crippen LogP contribution is 2.16. The molecule has 0 bridgehead atoms. The Labute approximate surface area is 102 Å². The number of aromatic nitrogens is 1. The normalized spacial score (nSPS) is 12.2. The number of nitrogens with one attached hydrogen (secondary N) is 1. The highest BCUT2D eigenvalue weighted by atomic mass is 35.5. The smallest absolute Gasteiger partial charge is 0.271 e. The number of aliphatic hydroxyl groups is 2. The molecule has 0 aromatic carbocycles. The number of carbonyl (C=O) groups is 1. The van der Waals surface area contributed by atoms with Crippen LogP contribution in [-0.4, -0.2) is 40.4 Å². The SMILES string of the molecule is O=C(NCC(O)CO)c1nc(Cl)ccc1Cl. The molecule has 1 rings (SSSR count). The van der Waals surface area contributed by atoms with E-state index < -0.39 is 18.6 Å². The van der Waals surface area contributed by atoms with Crippen molar-refractivity contribution in [3.8, 4) is 0 Å². The molecule has 0 radical (unpaired) electrons. The average molecular weight is 265 g/mol. The Morgan fingerprint density at radius 3 is 2.81 bits per heavy atom. The predicted octanol–water partition coefficient (Wildman–Crippen LogP) is 0.471. The summed E-state index contributed by atoms with van der Waals surface area (Å²) in [6.45, 7) is -0.517. The van der Waals surface area contributed by atoms with E-state index in [-0.39, 0.29) is 22.4 Å². The van der Waals surface area contributed by atoms with Crippen LogP contribution >= 0.6 is 23.2 Å². The monoisotopic (exact) mass is 264 g/mol. The first-order valence-electron chi connectivity index (χ1n) is 4.43.